The minimum absolute atomic E-state index is 0.355. The third kappa shape index (κ3) is 2.37. The van der Waals surface area contributed by atoms with Crippen molar-refractivity contribution in [3.05, 3.63) is 65.2 Å². The molecule has 2 aromatic carbocycles. The van der Waals surface area contributed by atoms with Crippen LogP contribution in [0, 0.1) is 20.7 Å². The zero-order valence-corrected chi connectivity index (χ0v) is 11.1. The van der Waals surface area contributed by atoms with E-state index in [1.807, 2.05) is 44.2 Å². The second kappa shape index (κ2) is 4.51. The van der Waals surface area contributed by atoms with Crippen LogP contribution in [-0.4, -0.2) is 4.98 Å². The number of hydrogen-bond donors (Lipinski definition) is 0. The predicted octanol–water partition coefficient (Wildman–Crippen LogP) is 4.83. The van der Waals surface area contributed by atoms with Crippen molar-refractivity contribution < 1.29 is 4.11 Å². The van der Waals surface area contributed by atoms with Crippen LogP contribution >= 0.6 is 0 Å². The summed E-state index contributed by atoms with van der Waals surface area (Å²) < 4.78 is 22.8. The molecule has 0 aliphatic carbocycles. The molecule has 1 heterocycles. The average molecular weight is 250 g/mol. The monoisotopic (exact) mass is 250 g/mol. The van der Waals surface area contributed by atoms with Crippen molar-refractivity contribution in [1.29, 1.82) is 0 Å². The predicted molar refractivity (Wildman–Crippen MR) is 81.4 cm³/mol. The van der Waals surface area contributed by atoms with Crippen molar-refractivity contribution >= 4 is 10.9 Å². The Hall–Kier alpha value is -2.15. The first-order valence-corrected chi connectivity index (χ1v) is 6.33. The Balaban J connectivity index is 2.16. The fourth-order valence-corrected chi connectivity index (χ4v) is 2.32. The Morgan fingerprint density at radius 2 is 1.63 bits per heavy atom. The molecular formula is C18H17N. The molecule has 0 aliphatic heterocycles. The molecule has 0 unspecified atom stereocenters. The van der Waals surface area contributed by atoms with Gasteiger partial charge in [0.05, 0.1) is 11.2 Å². The topological polar surface area (TPSA) is 12.9 Å². The number of hydrogen-bond acceptors (Lipinski definition) is 1. The van der Waals surface area contributed by atoms with Crippen molar-refractivity contribution in [2.45, 2.75) is 20.7 Å². The molecule has 0 spiro atoms. The first kappa shape index (κ1) is 8.87. The van der Waals surface area contributed by atoms with Crippen molar-refractivity contribution in [3.8, 4) is 11.3 Å². The van der Waals surface area contributed by atoms with Crippen molar-refractivity contribution in [1.82, 2.24) is 4.98 Å². The first-order chi connectivity index (χ1) is 10.3. The highest BCUT2D eigenvalue weighted by Gasteiger charge is 2.03. The Morgan fingerprint density at radius 1 is 0.842 bits per heavy atom. The van der Waals surface area contributed by atoms with Gasteiger partial charge >= 0.3 is 0 Å². The minimum Gasteiger partial charge on any atom is -0.248 e. The van der Waals surface area contributed by atoms with E-state index in [0.29, 0.717) is 5.56 Å². The fourth-order valence-electron chi connectivity index (χ4n) is 2.32. The second-order valence-electron chi connectivity index (χ2n) is 4.98. The molecule has 19 heavy (non-hydrogen) atoms. The number of rotatable bonds is 1. The second-order valence-corrected chi connectivity index (χ2v) is 4.98. The van der Waals surface area contributed by atoms with Crippen LogP contribution in [0.25, 0.3) is 22.2 Å². The lowest BCUT2D eigenvalue weighted by Crippen LogP contribution is -1.88. The quantitative estimate of drug-likeness (QED) is 0.603. The largest absolute Gasteiger partial charge is 0.248 e. The summed E-state index contributed by atoms with van der Waals surface area (Å²) in [4.78, 5) is 4.69. The molecular weight excluding hydrogens is 230 g/mol. The summed E-state index contributed by atoms with van der Waals surface area (Å²) in [5.41, 5.74) is 5.00. The van der Waals surface area contributed by atoms with Gasteiger partial charge in [0.2, 0.25) is 0 Å². The van der Waals surface area contributed by atoms with Gasteiger partial charge in [0, 0.05) is 15.1 Å². The molecule has 3 aromatic rings. The normalized spacial score (nSPS) is 13.9. The number of aromatic nitrogens is 1. The molecule has 1 aromatic heterocycles. The molecule has 94 valence electrons. The van der Waals surface area contributed by atoms with Gasteiger partial charge in [-0.3, -0.25) is 0 Å². The maximum absolute atomic E-state index is 7.60. The molecule has 1 heteroatoms. The van der Waals surface area contributed by atoms with E-state index in [1.165, 1.54) is 0 Å². The molecule has 3 rings (SSSR count). The van der Waals surface area contributed by atoms with Crippen LogP contribution in [0.5, 0.6) is 0 Å². The van der Waals surface area contributed by atoms with Crippen molar-refractivity contribution in [2.24, 2.45) is 0 Å². The molecule has 0 radical (unpaired) electrons. The zero-order chi connectivity index (χ0) is 15.9. The summed E-state index contributed by atoms with van der Waals surface area (Å²) in [5.74, 6) is 0. The molecule has 0 bridgehead atoms. The van der Waals surface area contributed by atoms with Gasteiger partial charge in [-0.2, -0.15) is 0 Å². The van der Waals surface area contributed by atoms with Gasteiger partial charge in [-0.25, -0.2) is 4.98 Å². The van der Waals surface area contributed by atoms with E-state index >= 15 is 0 Å². The van der Waals surface area contributed by atoms with Crippen molar-refractivity contribution in [2.75, 3.05) is 0 Å². The van der Waals surface area contributed by atoms with Crippen LogP contribution in [0.2, 0.25) is 0 Å². The van der Waals surface area contributed by atoms with E-state index in [2.05, 4.69) is 11.1 Å². The minimum atomic E-state index is -2.10. The first-order valence-electron chi connectivity index (χ1n) is 7.83. The molecule has 0 atom stereocenters. The van der Waals surface area contributed by atoms with E-state index in [1.54, 1.807) is 12.1 Å². The standard InChI is InChI=1S/C18H17N/c1-12-4-5-15-6-7-17(19-18(15)11-12)16-9-13(2)8-14(3)10-16/h4-11H,1-3H3/i2D3. The summed E-state index contributed by atoms with van der Waals surface area (Å²) >= 11 is 0. The van der Waals surface area contributed by atoms with Gasteiger partial charge in [-0.15, -0.1) is 0 Å². The molecule has 1 nitrogen and oxygen atoms in total. The maximum Gasteiger partial charge on any atom is 0.0712 e. The van der Waals surface area contributed by atoms with Crippen LogP contribution in [0.15, 0.2) is 48.5 Å². The summed E-state index contributed by atoms with van der Waals surface area (Å²) in [7, 11) is 0. The molecule has 0 fully saturated rings. The Labute approximate surface area is 118 Å². The van der Waals surface area contributed by atoms with Crippen LogP contribution in [0.4, 0.5) is 0 Å². The SMILES string of the molecule is [2H]C([2H])([2H])c1cc(C)cc(-c2ccc3ccc(C)cc3n2)c1. The van der Waals surface area contributed by atoms with Gasteiger partial charge in [0.15, 0.2) is 0 Å². The highest BCUT2D eigenvalue weighted by atomic mass is 14.7. The summed E-state index contributed by atoms with van der Waals surface area (Å²) in [6.45, 7) is 1.84. The number of benzene rings is 2. The van der Waals surface area contributed by atoms with Gasteiger partial charge in [0.25, 0.3) is 0 Å². The Kier molecular flexibility index (Phi) is 2.10. The van der Waals surface area contributed by atoms with E-state index in [4.69, 9.17) is 4.11 Å². The van der Waals surface area contributed by atoms with E-state index in [0.717, 1.165) is 33.3 Å². The zero-order valence-electron chi connectivity index (χ0n) is 14.1. The molecule has 0 N–H and O–H groups in total. The van der Waals surface area contributed by atoms with Gasteiger partial charge in [-0.1, -0.05) is 35.4 Å². The molecule has 0 saturated heterocycles. The maximum atomic E-state index is 7.60. The van der Waals surface area contributed by atoms with Crippen LogP contribution in [0.1, 0.15) is 20.8 Å². The van der Waals surface area contributed by atoms with Gasteiger partial charge in [0.1, 0.15) is 0 Å². The Morgan fingerprint density at radius 3 is 2.47 bits per heavy atom. The lowest BCUT2D eigenvalue weighted by molar-refractivity contribution is 1.34. The summed E-state index contributed by atoms with van der Waals surface area (Å²) in [6, 6.07) is 15.5. The fraction of sp³-hybridized carbons (Fsp3) is 0.167. The number of pyridine rings is 1. The third-order valence-corrected chi connectivity index (χ3v) is 3.22. The molecule has 0 saturated carbocycles. The van der Waals surface area contributed by atoms with Crippen molar-refractivity contribution in [3.63, 3.8) is 0 Å². The van der Waals surface area contributed by atoms with E-state index in [9.17, 15) is 0 Å². The van der Waals surface area contributed by atoms with Crippen LogP contribution in [0.3, 0.4) is 0 Å². The number of fused-ring (bicyclic) bond motifs is 1. The van der Waals surface area contributed by atoms with E-state index < -0.39 is 6.85 Å². The Bertz CT molecular complexity index is 851. The van der Waals surface area contributed by atoms with E-state index in [-0.39, 0.29) is 0 Å². The van der Waals surface area contributed by atoms with Gasteiger partial charge in [-0.05, 0) is 50.5 Å². The highest BCUT2D eigenvalue weighted by molar-refractivity contribution is 5.82. The number of aryl methyl sites for hydroxylation is 3. The average Bonchev–Trinajstić information content (AvgIpc) is 2.45. The molecule has 0 amide bonds. The summed E-state index contributed by atoms with van der Waals surface area (Å²) in [6.07, 6.45) is 0. The molecule has 0 aliphatic rings. The highest BCUT2D eigenvalue weighted by Crippen LogP contribution is 2.23. The lowest BCUT2D eigenvalue weighted by atomic mass is 10.0. The lowest BCUT2D eigenvalue weighted by Gasteiger charge is -2.06. The number of nitrogens with zero attached hydrogens (tertiary/aromatic N) is 1. The van der Waals surface area contributed by atoms with Crippen LogP contribution < -0.4 is 0 Å². The third-order valence-electron chi connectivity index (χ3n) is 3.22. The summed E-state index contributed by atoms with van der Waals surface area (Å²) in [5, 5.41) is 1.08. The van der Waals surface area contributed by atoms with Crippen LogP contribution in [-0.2, 0) is 0 Å². The smallest absolute Gasteiger partial charge is 0.0712 e. The van der Waals surface area contributed by atoms with Gasteiger partial charge < -0.3 is 0 Å².